The van der Waals surface area contributed by atoms with Gasteiger partial charge in [-0.1, -0.05) is 24.3 Å². The van der Waals surface area contributed by atoms with Crippen LogP contribution in [0.15, 0.2) is 71.6 Å². The zero-order valence-electron chi connectivity index (χ0n) is 15.5. The first kappa shape index (κ1) is 18.5. The molecule has 1 N–H and O–H groups in total. The number of fused-ring (bicyclic) bond motifs is 1. The zero-order valence-corrected chi connectivity index (χ0v) is 16.3. The number of anilines is 2. The molecule has 0 aromatic heterocycles. The van der Waals surface area contributed by atoms with Crippen LogP contribution in [0.3, 0.4) is 0 Å². The molecule has 6 heteroatoms. The van der Waals surface area contributed by atoms with E-state index >= 15 is 0 Å². The highest BCUT2D eigenvalue weighted by Crippen LogP contribution is 2.26. The van der Waals surface area contributed by atoms with Crippen molar-refractivity contribution in [2.45, 2.75) is 24.8 Å². The molecule has 0 aliphatic carbocycles. The lowest BCUT2D eigenvalue weighted by Crippen LogP contribution is -2.30. The second kappa shape index (κ2) is 7.28. The van der Waals surface area contributed by atoms with E-state index in [9.17, 15) is 12.8 Å². The molecule has 0 saturated carbocycles. The molecular formula is C22H21FN2O2S. The van der Waals surface area contributed by atoms with Crippen LogP contribution in [0.1, 0.15) is 16.7 Å². The second-order valence-corrected chi connectivity index (χ2v) is 8.65. The van der Waals surface area contributed by atoms with Crippen LogP contribution in [-0.2, 0) is 23.0 Å². The van der Waals surface area contributed by atoms with E-state index in [2.05, 4.69) is 33.9 Å². The van der Waals surface area contributed by atoms with Crippen molar-refractivity contribution in [1.82, 2.24) is 0 Å². The van der Waals surface area contributed by atoms with Crippen molar-refractivity contribution in [3.8, 4) is 0 Å². The van der Waals surface area contributed by atoms with E-state index in [4.69, 9.17) is 0 Å². The van der Waals surface area contributed by atoms with Gasteiger partial charge in [0.05, 0.1) is 4.90 Å². The van der Waals surface area contributed by atoms with Gasteiger partial charge in [-0.3, -0.25) is 4.72 Å². The number of aryl methyl sites for hydroxylation is 1. The predicted molar refractivity (Wildman–Crippen MR) is 110 cm³/mol. The molecule has 3 aromatic carbocycles. The molecule has 3 aromatic rings. The largest absolute Gasteiger partial charge is 0.367 e. The first-order valence-corrected chi connectivity index (χ1v) is 10.6. The monoisotopic (exact) mass is 396 g/mol. The van der Waals surface area contributed by atoms with Crippen molar-refractivity contribution >= 4 is 21.4 Å². The summed E-state index contributed by atoms with van der Waals surface area (Å²) in [5, 5.41) is 0. The van der Waals surface area contributed by atoms with Crippen LogP contribution in [0.2, 0.25) is 0 Å². The first-order chi connectivity index (χ1) is 13.4. The molecule has 0 fully saturated rings. The number of nitrogens with zero attached hydrogens (tertiary/aromatic N) is 1. The van der Waals surface area contributed by atoms with Gasteiger partial charge in [0.25, 0.3) is 10.0 Å². The molecule has 144 valence electrons. The summed E-state index contributed by atoms with van der Waals surface area (Å²) < 4.78 is 41.1. The summed E-state index contributed by atoms with van der Waals surface area (Å²) in [6.07, 6.45) is 0.994. The molecule has 4 rings (SSSR count). The van der Waals surface area contributed by atoms with Gasteiger partial charge in [0, 0.05) is 24.5 Å². The van der Waals surface area contributed by atoms with Gasteiger partial charge < -0.3 is 4.90 Å². The highest BCUT2D eigenvalue weighted by Gasteiger charge is 2.19. The van der Waals surface area contributed by atoms with Gasteiger partial charge in [0.1, 0.15) is 5.82 Å². The highest BCUT2D eigenvalue weighted by molar-refractivity contribution is 7.92. The number of sulfonamides is 1. The maximum atomic E-state index is 13.3. The Labute approximate surface area is 164 Å². The minimum atomic E-state index is -3.77. The van der Waals surface area contributed by atoms with E-state index < -0.39 is 15.8 Å². The summed E-state index contributed by atoms with van der Waals surface area (Å²) in [6, 6.07) is 19.4. The van der Waals surface area contributed by atoms with Crippen LogP contribution in [0.25, 0.3) is 0 Å². The molecule has 28 heavy (non-hydrogen) atoms. The molecular weight excluding hydrogens is 375 g/mol. The fourth-order valence-electron chi connectivity index (χ4n) is 3.58. The van der Waals surface area contributed by atoms with E-state index in [-0.39, 0.29) is 4.90 Å². The molecule has 0 spiro atoms. The van der Waals surface area contributed by atoms with Crippen molar-refractivity contribution in [2.24, 2.45) is 0 Å². The smallest absolute Gasteiger partial charge is 0.262 e. The average Bonchev–Trinajstić information content (AvgIpc) is 2.67. The summed E-state index contributed by atoms with van der Waals surface area (Å²) >= 11 is 0. The van der Waals surface area contributed by atoms with E-state index in [1.165, 1.54) is 23.3 Å². The fourth-order valence-corrected chi connectivity index (χ4v) is 4.87. The lowest BCUT2D eigenvalue weighted by molar-refractivity contribution is 0.598. The third kappa shape index (κ3) is 3.73. The lowest BCUT2D eigenvalue weighted by Gasteiger charge is -2.30. The predicted octanol–water partition coefficient (Wildman–Crippen LogP) is 4.50. The van der Waals surface area contributed by atoms with Crippen LogP contribution in [0.4, 0.5) is 15.8 Å². The van der Waals surface area contributed by atoms with E-state index in [1.807, 2.05) is 12.1 Å². The Morgan fingerprint density at radius 3 is 2.39 bits per heavy atom. The van der Waals surface area contributed by atoms with E-state index in [0.29, 0.717) is 11.3 Å². The first-order valence-electron chi connectivity index (χ1n) is 9.13. The number of rotatable bonds is 4. The topological polar surface area (TPSA) is 49.4 Å². The number of nitrogens with one attached hydrogen (secondary N) is 1. The van der Waals surface area contributed by atoms with Gasteiger partial charge in [-0.05, 0) is 72.5 Å². The Morgan fingerprint density at radius 2 is 1.68 bits per heavy atom. The molecule has 4 nitrogen and oxygen atoms in total. The highest BCUT2D eigenvalue weighted by atomic mass is 32.2. The van der Waals surface area contributed by atoms with Gasteiger partial charge in [0.15, 0.2) is 0 Å². The number of halogens is 1. The minimum Gasteiger partial charge on any atom is -0.367 e. The van der Waals surface area contributed by atoms with Gasteiger partial charge >= 0.3 is 0 Å². The Morgan fingerprint density at radius 1 is 0.964 bits per heavy atom. The molecule has 0 bridgehead atoms. The SMILES string of the molecule is Cc1cc(F)ccc1S(=O)(=O)Nc1ccc(N2CCc3ccccc3C2)cc1. The van der Waals surface area contributed by atoms with Crippen molar-refractivity contribution < 1.29 is 12.8 Å². The summed E-state index contributed by atoms with van der Waals surface area (Å²) in [4.78, 5) is 2.36. The standard InChI is InChI=1S/C22H21FN2O2S/c1-16-14-19(23)6-11-22(16)28(26,27)24-20-7-9-21(10-8-20)25-13-12-17-4-2-3-5-18(17)15-25/h2-11,14,24H,12-13,15H2,1H3. The molecule has 0 radical (unpaired) electrons. The summed E-state index contributed by atoms with van der Waals surface area (Å²) in [7, 11) is -3.77. The normalized spacial score (nSPS) is 13.9. The van der Waals surface area contributed by atoms with Crippen molar-refractivity contribution in [3.63, 3.8) is 0 Å². The second-order valence-electron chi connectivity index (χ2n) is 7.00. The Hall–Kier alpha value is -2.86. The van der Waals surface area contributed by atoms with Crippen LogP contribution < -0.4 is 9.62 Å². The molecule has 0 saturated heterocycles. The average molecular weight is 396 g/mol. The van der Waals surface area contributed by atoms with Crippen molar-refractivity contribution in [2.75, 3.05) is 16.2 Å². The maximum absolute atomic E-state index is 13.3. The summed E-state index contributed by atoms with van der Waals surface area (Å²) in [6.45, 7) is 3.35. The van der Waals surface area contributed by atoms with Gasteiger partial charge in [-0.25, -0.2) is 12.8 Å². The Bertz CT molecular complexity index is 1110. The van der Waals surface area contributed by atoms with Crippen LogP contribution in [-0.4, -0.2) is 15.0 Å². The Balaban J connectivity index is 1.51. The van der Waals surface area contributed by atoms with Crippen molar-refractivity contribution in [1.29, 1.82) is 0 Å². The lowest BCUT2D eigenvalue weighted by atomic mass is 9.99. The molecule has 0 atom stereocenters. The number of benzene rings is 3. The molecule has 1 heterocycles. The van der Waals surface area contributed by atoms with Crippen LogP contribution in [0, 0.1) is 12.7 Å². The van der Waals surface area contributed by atoms with Gasteiger partial charge in [-0.2, -0.15) is 0 Å². The fraction of sp³-hybridized carbons (Fsp3) is 0.182. The minimum absolute atomic E-state index is 0.0746. The maximum Gasteiger partial charge on any atom is 0.262 e. The van der Waals surface area contributed by atoms with Crippen LogP contribution >= 0.6 is 0 Å². The van der Waals surface area contributed by atoms with Crippen molar-refractivity contribution in [3.05, 3.63) is 89.2 Å². The summed E-state index contributed by atoms with van der Waals surface area (Å²) in [5.74, 6) is -0.455. The van der Waals surface area contributed by atoms with Gasteiger partial charge in [-0.15, -0.1) is 0 Å². The van der Waals surface area contributed by atoms with Crippen LogP contribution in [0.5, 0.6) is 0 Å². The zero-order chi connectivity index (χ0) is 19.7. The third-order valence-electron chi connectivity index (χ3n) is 5.04. The Kier molecular flexibility index (Phi) is 4.81. The number of hydrogen-bond donors (Lipinski definition) is 1. The molecule has 0 amide bonds. The van der Waals surface area contributed by atoms with E-state index in [0.717, 1.165) is 31.3 Å². The number of hydrogen-bond acceptors (Lipinski definition) is 3. The van der Waals surface area contributed by atoms with Gasteiger partial charge in [0.2, 0.25) is 0 Å². The van der Waals surface area contributed by atoms with E-state index in [1.54, 1.807) is 19.1 Å². The third-order valence-corrected chi connectivity index (χ3v) is 6.58. The summed E-state index contributed by atoms with van der Waals surface area (Å²) in [5.41, 5.74) is 4.61. The molecule has 0 unspecified atom stereocenters. The molecule has 1 aliphatic rings. The molecule has 1 aliphatic heterocycles. The quantitative estimate of drug-likeness (QED) is 0.707.